The zero-order chi connectivity index (χ0) is 19.7. The van der Waals surface area contributed by atoms with E-state index in [1.54, 1.807) is 29.2 Å². The summed E-state index contributed by atoms with van der Waals surface area (Å²) in [5.74, 6) is -0.620. The third-order valence-corrected chi connectivity index (χ3v) is 5.30. The molecule has 2 bridgehead atoms. The highest BCUT2D eigenvalue weighted by Crippen LogP contribution is 2.21. The molecule has 8 nitrogen and oxygen atoms in total. The number of nitrogens with zero attached hydrogens (tertiary/aromatic N) is 2. The van der Waals surface area contributed by atoms with E-state index < -0.39 is 5.63 Å². The molecule has 148 valence electrons. The SMILES string of the molecule is COC(=O)CN1C[C@H]2COC[C@@H]1CN(C(=O)c1cc3ccccc3oc1=O)C2. The molecular formula is C20H22N2O6. The first-order valence-electron chi connectivity index (χ1n) is 9.26. The Labute approximate surface area is 161 Å². The molecule has 2 aliphatic heterocycles. The van der Waals surface area contributed by atoms with Crippen molar-refractivity contribution in [2.75, 3.05) is 46.5 Å². The average Bonchev–Trinajstić information content (AvgIpc) is 2.96. The van der Waals surface area contributed by atoms with Crippen LogP contribution in [0, 0.1) is 5.92 Å². The largest absolute Gasteiger partial charge is 0.468 e. The van der Waals surface area contributed by atoms with Gasteiger partial charge in [0.2, 0.25) is 0 Å². The van der Waals surface area contributed by atoms with Crippen LogP contribution in [0.5, 0.6) is 0 Å². The van der Waals surface area contributed by atoms with Gasteiger partial charge in [-0.25, -0.2) is 4.79 Å². The summed E-state index contributed by atoms with van der Waals surface area (Å²) in [6, 6.07) is 8.56. The highest BCUT2D eigenvalue weighted by atomic mass is 16.5. The number of amides is 1. The minimum absolute atomic E-state index is 0.0270. The summed E-state index contributed by atoms with van der Waals surface area (Å²) in [4.78, 5) is 41.0. The standard InChI is InChI=1S/C20H22N2O6/c1-26-18(23)10-21-7-13-8-22(9-15(21)12-27-11-13)19(24)16-6-14-4-2-3-5-17(14)28-20(16)25/h2-6,13,15H,7-12H2,1H3/t13-,15+/m1/s1. The van der Waals surface area contributed by atoms with Crippen LogP contribution in [0.1, 0.15) is 10.4 Å². The van der Waals surface area contributed by atoms with Gasteiger partial charge < -0.3 is 18.8 Å². The van der Waals surface area contributed by atoms with E-state index in [9.17, 15) is 14.4 Å². The molecule has 3 heterocycles. The summed E-state index contributed by atoms with van der Waals surface area (Å²) in [5, 5.41) is 0.705. The van der Waals surface area contributed by atoms with E-state index in [4.69, 9.17) is 13.9 Å². The Morgan fingerprint density at radius 1 is 1.18 bits per heavy atom. The van der Waals surface area contributed by atoms with Crippen molar-refractivity contribution in [3.63, 3.8) is 0 Å². The second-order valence-electron chi connectivity index (χ2n) is 7.26. The fourth-order valence-electron chi connectivity index (χ4n) is 3.90. The van der Waals surface area contributed by atoms with E-state index in [0.717, 1.165) is 0 Å². The molecule has 2 aromatic rings. The van der Waals surface area contributed by atoms with Gasteiger partial charge in [-0.3, -0.25) is 14.5 Å². The third kappa shape index (κ3) is 3.65. The van der Waals surface area contributed by atoms with Gasteiger partial charge in [-0.2, -0.15) is 0 Å². The van der Waals surface area contributed by atoms with E-state index in [1.165, 1.54) is 7.11 Å². The van der Waals surface area contributed by atoms with Crippen LogP contribution < -0.4 is 5.63 Å². The summed E-state index contributed by atoms with van der Waals surface area (Å²) < 4.78 is 15.8. The van der Waals surface area contributed by atoms with E-state index >= 15 is 0 Å². The minimum Gasteiger partial charge on any atom is -0.468 e. The maximum Gasteiger partial charge on any atom is 0.349 e. The molecule has 0 spiro atoms. The molecule has 1 aromatic carbocycles. The first-order valence-corrected chi connectivity index (χ1v) is 9.26. The number of para-hydroxylation sites is 1. The summed E-state index contributed by atoms with van der Waals surface area (Å²) >= 11 is 0. The highest BCUT2D eigenvalue weighted by molar-refractivity contribution is 5.96. The van der Waals surface area contributed by atoms with Crippen molar-refractivity contribution in [2.45, 2.75) is 6.04 Å². The molecule has 28 heavy (non-hydrogen) atoms. The maximum absolute atomic E-state index is 13.1. The lowest BCUT2D eigenvalue weighted by molar-refractivity contribution is -0.142. The van der Waals surface area contributed by atoms with Crippen molar-refractivity contribution in [2.24, 2.45) is 5.92 Å². The number of hydrogen-bond acceptors (Lipinski definition) is 7. The number of hydrogen-bond donors (Lipinski definition) is 0. The van der Waals surface area contributed by atoms with Gasteiger partial charge in [0.15, 0.2) is 0 Å². The van der Waals surface area contributed by atoms with Crippen molar-refractivity contribution in [1.29, 1.82) is 0 Å². The number of carbonyl (C=O) groups excluding carboxylic acids is 2. The number of methoxy groups -OCH3 is 1. The normalized spacial score (nSPS) is 22.7. The van der Waals surface area contributed by atoms with Crippen molar-refractivity contribution < 1.29 is 23.5 Å². The van der Waals surface area contributed by atoms with Crippen molar-refractivity contribution in [3.05, 3.63) is 46.3 Å². The molecule has 1 amide bonds. The zero-order valence-corrected chi connectivity index (χ0v) is 15.6. The first-order chi connectivity index (χ1) is 13.5. The molecule has 2 saturated heterocycles. The molecule has 2 aliphatic rings. The molecule has 0 unspecified atom stereocenters. The van der Waals surface area contributed by atoms with Gasteiger partial charge in [-0.05, 0) is 12.1 Å². The van der Waals surface area contributed by atoms with Crippen LogP contribution in [0.4, 0.5) is 0 Å². The second kappa shape index (κ2) is 7.73. The quantitative estimate of drug-likeness (QED) is 0.568. The Morgan fingerprint density at radius 2 is 2.00 bits per heavy atom. The Kier molecular flexibility index (Phi) is 5.15. The predicted molar refractivity (Wildman–Crippen MR) is 100 cm³/mol. The third-order valence-electron chi connectivity index (χ3n) is 5.30. The molecule has 2 atom stereocenters. The lowest BCUT2D eigenvalue weighted by Gasteiger charge is -2.30. The molecule has 2 fully saturated rings. The van der Waals surface area contributed by atoms with Crippen molar-refractivity contribution >= 4 is 22.8 Å². The first kappa shape index (κ1) is 18.6. The van der Waals surface area contributed by atoms with Gasteiger partial charge in [0.25, 0.3) is 5.91 Å². The number of rotatable bonds is 3. The fraction of sp³-hybridized carbons (Fsp3) is 0.450. The van der Waals surface area contributed by atoms with Crippen molar-refractivity contribution in [1.82, 2.24) is 9.80 Å². The lowest BCUT2D eigenvalue weighted by atomic mass is 10.1. The molecular weight excluding hydrogens is 364 g/mol. The summed E-state index contributed by atoms with van der Waals surface area (Å²) in [6.45, 7) is 2.54. The van der Waals surface area contributed by atoms with Crippen LogP contribution in [0.2, 0.25) is 0 Å². The fourth-order valence-corrected chi connectivity index (χ4v) is 3.90. The van der Waals surface area contributed by atoms with Crippen LogP contribution in [0.25, 0.3) is 11.0 Å². The Bertz CT molecular complexity index is 955. The number of carbonyl (C=O) groups is 2. The van der Waals surface area contributed by atoms with E-state index in [0.29, 0.717) is 43.8 Å². The summed E-state index contributed by atoms with van der Waals surface area (Å²) in [7, 11) is 1.36. The lowest BCUT2D eigenvalue weighted by Crippen LogP contribution is -2.47. The van der Waals surface area contributed by atoms with Crippen molar-refractivity contribution in [3.8, 4) is 0 Å². The maximum atomic E-state index is 13.1. The number of ether oxygens (including phenoxy) is 2. The van der Waals surface area contributed by atoms with Crippen LogP contribution in [0.3, 0.4) is 0 Å². The van der Waals surface area contributed by atoms with Crippen LogP contribution in [0.15, 0.2) is 39.5 Å². The summed E-state index contributed by atoms with van der Waals surface area (Å²) in [6.07, 6.45) is 0. The van der Waals surface area contributed by atoms with Gasteiger partial charge in [-0.1, -0.05) is 18.2 Å². The second-order valence-corrected chi connectivity index (χ2v) is 7.26. The van der Waals surface area contributed by atoms with Gasteiger partial charge in [-0.15, -0.1) is 0 Å². The average molecular weight is 386 g/mol. The molecule has 0 N–H and O–H groups in total. The molecule has 4 rings (SSSR count). The topological polar surface area (TPSA) is 89.3 Å². The van der Waals surface area contributed by atoms with Crippen LogP contribution >= 0.6 is 0 Å². The highest BCUT2D eigenvalue weighted by Gasteiger charge is 2.36. The minimum atomic E-state index is -0.638. The van der Waals surface area contributed by atoms with E-state index in [1.807, 2.05) is 11.0 Å². The van der Waals surface area contributed by atoms with Gasteiger partial charge >= 0.3 is 11.6 Å². The van der Waals surface area contributed by atoms with Crippen LogP contribution in [-0.4, -0.2) is 74.2 Å². The van der Waals surface area contributed by atoms with E-state index in [2.05, 4.69) is 0 Å². The molecule has 0 radical (unpaired) electrons. The smallest absolute Gasteiger partial charge is 0.349 e. The zero-order valence-electron chi connectivity index (χ0n) is 15.6. The Balaban J connectivity index is 1.61. The number of fused-ring (bicyclic) bond motifs is 4. The van der Waals surface area contributed by atoms with E-state index in [-0.39, 0.29) is 35.9 Å². The van der Waals surface area contributed by atoms with Gasteiger partial charge in [0, 0.05) is 30.9 Å². The Morgan fingerprint density at radius 3 is 2.82 bits per heavy atom. The molecule has 0 saturated carbocycles. The monoisotopic (exact) mass is 386 g/mol. The molecule has 0 aliphatic carbocycles. The molecule has 1 aromatic heterocycles. The van der Waals surface area contributed by atoms with Gasteiger partial charge in [0.1, 0.15) is 11.1 Å². The molecule has 8 heteroatoms. The van der Waals surface area contributed by atoms with Crippen LogP contribution in [-0.2, 0) is 14.3 Å². The number of benzene rings is 1. The van der Waals surface area contributed by atoms with Gasteiger partial charge in [0.05, 0.1) is 32.9 Å². The summed E-state index contributed by atoms with van der Waals surface area (Å²) in [5.41, 5.74) is -0.158. The number of esters is 1. The predicted octanol–water partition coefficient (Wildman–Crippen LogP) is 0.739. The Hall–Kier alpha value is -2.71.